The first-order valence-corrected chi connectivity index (χ1v) is 8.84. The summed E-state index contributed by atoms with van der Waals surface area (Å²) in [6.45, 7) is 0.854. The molecule has 2 aromatic carbocycles. The normalized spacial score (nSPS) is 16.3. The second-order valence-corrected chi connectivity index (χ2v) is 6.62. The van der Waals surface area contributed by atoms with Crippen LogP contribution in [0.15, 0.2) is 48.5 Å². The topological polar surface area (TPSA) is 59.1 Å². The Morgan fingerprint density at radius 1 is 1.11 bits per heavy atom. The van der Waals surface area contributed by atoms with Crippen LogP contribution in [0.5, 0.6) is 11.5 Å². The predicted octanol–water partition coefficient (Wildman–Crippen LogP) is 2.72. The number of rotatable bonds is 6. The molecule has 3 rings (SSSR count). The van der Waals surface area contributed by atoms with Crippen molar-refractivity contribution in [2.75, 3.05) is 32.7 Å². The number of para-hydroxylation sites is 2. The Balaban J connectivity index is 1.67. The zero-order valence-corrected chi connectivity index (χ0v) is 15.8. The van der Waals surface area contributed by atoms with E-state index in [2.05, 4.69) is 0 Å². The van der Waals surface area contributed by atoms with Crippen LogP contribution in [0.2, 0.25) is 0 Å². The highest BCUT2D eigenvalue weighted by molar-refractivity contribution is 6.01. The molecule has 1 heterocycles. The van der Waals surface area contributed by atoms with Gasteiger partial charge in [0.2, 0.25) is 11.8 Å². The highest BCUT2D eigenvalue weighted by Crippen LogP contribution is 2.33. The van der Waals surface area contributed by atoms with E-state index in [1.54, 1.807) is 31.1 Å². The van der Waals surface area contributed by atoms with E-state index in [0.29, 0.717) is 24.5 Å². The van der Waals surface area contributed by atoms with E-state index in [0.717, 1.165) is 11.3 Å². The summed E-state index contributed by atoms with van der Waals surface area (Å²) in [7, 11) is 4.96. The number of benzene rings is 2. The van der Waals surface area contributed by atoms with Gasteiger partial charge in [0.25, 0.3) is 0 Å². The minimum atomic E-state index is -0.356. The zero-order valence-electron chi connectivity index (χ0n) is 15.8. The second kappa shape index (κ2) is 8.12. The number of hydrogen-bond donors (Lipinski definition) is 0. The molecule has 1 unspecified atom stereocenters. The van der Waals surface area contributed by atoms with Crippen molar-refractivity contribution in [2.24, 2.45) is 5.92 Å². The number of carbonyl (C=O) groups excluding carboxylic acids is 2. The molecule has 0 aliphatic carbocycles. The monoisotopic (exact) mass is 368 g/mol. The largest absolute Gasteiger partial charge is 0.497 e. The van der Waals surface area contributed by atoms with Crippen LogP contribution in [-0.4, -0.2) is 44.5 Å². The van der Waals surface area contributed by atoms with Crippen molar-refractivity contribution >= 4 is 17.5 Å². The van der Waals surface area contributed by atoms with Gasteiger partial charge < -0.3 is 19.3 Å². The van der Waals surface area contributed by atoms with Gasteiger partial charge >= 0.3 is 0 Å². The van der Waals surface area contributed by atoms with Crippen LogP contribution < -0.4 is 14.4 Å². The minimum Gasteiger partial charge on any atom is -0.497 e. The van der Waals surface area contributed by atoms with Gasteiger partial charge in [-0.3, -0.25) is 9.59 Å². The lowest BCUT2D eigenvalue weighted by Gasteiger charge is -2.22. The number of anilines is 1. The number of ether oxygens (including phenoxy) is 2. The predicted molar refractivity (Wildman–Crippen MR) is 103 cm³/mol. The van der Waals surface area contributed by atoms with E-state index in [1.807, 2.05) is 48.5 Å². The van der Waals surface area contributed by atoms with E-state index in [1.165, 1.54) is 0 Å². The zero-order chi connectivity index (χ0) is 19.4. The van der Waals surface area contributed by atoms with E-state index in [9.17, 15) is 9.59 Å². The van der Waals surface area contributed by atoms with Crippen molar-refractivity contribution in [3.63, 3.8) is 0 Å². The van der Waals surface area contributed by atoms with Crippen LogP contribution in [0.25, 0.3) is 0 Å². The lowest BCUT2D eigenvalue weighted by Crippen LogP contribution is -2.34. The number of amides is 2. The Labute approximate surface area is 159 Å². The van der Waals surface area contributed by atoms with Gasteiger partial charge in [0, 0.05) is 26.6 Å². The minimum absolute atomic E-state index is 0.0310. The lowest BCUT2D eigenvalue weighted by molar-refractivity contribution is -0.135. The lowest BCUT2D eigenvalue weighted by atomic mass is 10.1. The van der Waals surface area contributed by atoms with E-state index < -0.39 is 0 Å². The Hall–Kier alpha value is -3.02. The molecule has 27 heavy (non-hydrogen) atoms. The Morgan fingerprint density at radius 3 is 2.48 bits per heavy atom. The maximum atomic E-state index is 12.8. The summed E-state index contributed by atoms with van der Waals surface area (Å²) in [6.07, 6.45) is 0.212. The molecule has 1 aliphatic rings. The third-order valence-corrected chi connectivity index (χ3v) is 4.81. The first kappa shape index (κ1) is 18.8. The molecule has 0 saturated carbocycles. The fourth-order valence-corrected chi connectivity index (χ4v) is 3.35. The van der Waals surface area contributed by atoms with Gasteiger partial charge in [-0.25, -0.2) is 0 Å². The highest BCUT2D eigenvalue weighted by atomic mass is 16.5. The Bertz CT molecular complexity index is 819. The first-order chi connectivity index (χ1) is 13.0. The maximum Gasteiger partial charge on any atom is 0.228 e. The molecule has 1 fully saturated rings. The number of methoxy groups -OCH3 is 2. The summed E-state index contributed by atoms with van der Waals surface area (Å²) in [6, 6.07) is 15.0. The molecule has 1 saturated heterocycles. The molecule has 0 aromatic heterocycles. The molecule has 1 aliphatic heterocycles. The smallest absolute Gasteiger partial charge is 0.228 e. The summed E-state index contributed by atoms with van der Waals surface area (Å²) in [5, 5.41) is 0. The third-order valence-electron chi connectivity index (χ3n) is 4.81. The summed E-state index contributed by atoms with van der Waals surface area (Å²) >= 11 is 0. The summed E-state index contributed by atoms with van der Waals surface area (Å²) in [5.41, 5.74) is 1.72. The van der Waals surface area contributed by atoms with Crippen LogP contribution in [-0.2, 0) is 16.1 Å². The quantitative estimate of drug-likeness (QED) is 0.787. The summed E-state index contributed by atoms with van der Waals surface area (Å²) < 4.78 is 10.5. The maximum absolute atomic E-state index is 12.8. The summed E-state index contributed by atoms with van der Waals surface area (Å²) in [5.74, 6) is 0.963. The number of carbonyl (C=O) groups is 2. The molecule has 142 valence electrons. The molecule has 1 atom stereocenters. The SMILES string of the molecule is COc1ccc(CN(C)C(=O)C2CC(=O)N(c3ccccc3OC)C2)cc1. The molecule has 0 radical (unpaired) electrons. The van der Waals surface area contributed by atoms with Crippen LogP contribution in [0.4, 0.5) is 5.69 Å². The summed E-state index contributed by atoms with van der Waals surface area (Å²) in [4.78, 5) is 28.6. The fourth-order valence-electron chi connectivity index (χ4n) is 3.35. The fraction of sp³-hybridized carbons (Fsp3) is 0.333. The van der Waals surface area contributed by atoms with E-state index >= 15 is 0 Å². The van der Waals surface area contributed by atoms with Crippen molar-refractivity contribution in [3.05, 3.63) is 54.1 Å². The first-order valence-electron chi connectivity index (χ1n) is 8.84. The Kier molecular flexibility index (Phi) is 5.64. The van der Waals surface area contributed by atoms with Gasteiger partial charge in [0.15, 0.2) is 0 Å². The molecular weight excluding hydrogens is 344 g/mol. The highest BCUT2D eigenvalue weighted by Gasteiger charge is 2.37. The average Bonchev–Trinajstić information content (AvgIpc) is 3.09. The van der Waals surface area contributed by atoms with Gasteiger partial charge in [-0.2, -0.15) is 0 Å². The Morgan fingerprint density at radius 2 is 1.81 bits per heavy atom. The van der Waals surface area contributed by atoms with Crippen molar-refractivity contribution in [1.29, 1.82) is 0 Å². The van der Waals surface area contributed by atoms with Crippen molar-refractivity contribution in [1.82, 2.24) is 4.90 Å². The third kappa shape index (κ3) is 4.05. The second-order valence-electron chi connectivity index (χ2n) is 6.62. The van der Waals surface area contributed by atoms with Gasteiger partial charge in [-0.1, -0.05) is 24.3 Å². The van der Waals surface area contributed by atoms with Crippen LogP contribution >= 0.6 is 0 Å². The van der Waals surface area contributed by atoms with Crippen LogP contribution in [0.1, 0.15) is 12.0 Å². The number of nitrogens with zero attached hydrogens (tertiary/aromatic N) is 2. The molecule has 0 bridgehead atoms. The van der Waals surface area contributed by atoms with Crippen LogP contribution in [0.3, 0.4) is 0 Å². The van der Waals surface area contributed by atoms with Crippen molar-refractivity contribution in [3.8, 4) is 11.5 Å². The van der Waals surface area contributed by atoms with Gasteiger partial charge in [-0.05, 0) is 29.8 Å². The van der Waals surface area contributed by atoms with Crippen molar-refractivity contribution < 1.29 is 19.1 Å². The van der Waals surface area contributed by atoms with E-state index in [4.69, 9.17) is 9.47 Å². The molecule has 6 heteroatoms. The molecule has 2 amide bonds. The van der Waals surface area contributed by atoms with Crippen LogP contribution in [0, 0.1) is 5.92 Å². The van der Waals surface area contributed by atoms with E-state index in [-0.39, 0.29) is 24.2 Å². The molecule has 6 nitrogen and oxygen atoms in total. The standard InChI is InChI=1S/C21H24N2O4/c1-22(13-15-8-10-17(26-2)11-9-15)21(25)16-12-20(24)23(14-16)18-6-4-5-7-19(18)27-3/h4-11,16H,12-14H2,1-3H3. The van der Waals surface area contributed by atoms with Crippen molar-refractivity contribution in [2.45, 2.75) is 13.0 Å². The van der Waals surface area contributed by atoms with Gasteiger partial charge in [0.1, 0.15) is 11.5 Å². The van der Waals surface area contributed by atoms with Gasteiger partial charge in [0.05, 0.1) is 25.8 Å². The molecular formula is C21H24N2O4. The molecule has 0 N–H and O–H groups in total. The average molecular weight is 368 g/mol. The molecule has 2 aromatic rings. The van der Waals surface area contributed by atoms with Gasteiger partial charge in [-0.15, -0.1) is 0 Å². The number of hydrogen-bond acceptors (Lipinski definition) is 4. The molecule has 0 spiro atoms.